The van der Waals surface area contributed by atoms with Crippen molar-refractivity contribution in [3.05, 3.63) is 29.8 Å². The second-order valence-electron chi connectivity index (χ2n) is 9.73. The predicted molar refractivity (Wildman–Crippen MR) is 92.8 cm³/mol. The van der Waals surface area contributed by atoms with Gasteiger partial charge in [0.05, 0.1) is 31.1 Å². The molecule has 3 aliphatic carbocycles. The van der Waals surface area contributed by atoms with E-state index in [4.69, 9.17) is 0 Å². The third-order valence-electron chi connectivity index (χ3n) is 9.10. The second-order valence-corrected chi connectivity index (χ2v) is 9.73. The van der Waals surface area contributed by atoms with Crippen LogP contribution in [0.2, 0.25) is 0 Å². The molecule has 1 aromatic carbocycles. The van der Waals surface area contributed by atoms with Crippen LogP contribution in [0, 0.1) is 11.3 Å². The van der Waals surface area contributed by atoms with Crippen molar-refractivity contribution in [3.8, 4) is 0 Å². The molecule has 1 N–H and O–H groups in total. The average molecular weight is 338 g/mol. The number of nitrogens with one attached hydrogen (secondary N) is 1. The van der Waals surface area contributed by atoms with Crippen molar-refractivity contribution in [2.45, 2.75) is 55.5 Å². The Bertz CT molecular complexity index is 809. The van der Waals surface area contributed by atoms with Crippen molar-refractivity contribution in [1.29, 1.82) is 0 Å². The smallest absolute Gasteiger partial charge is 0.107 e. The van der Waals surface area contributed by atoms with Crippen LogP contribution in [0.3, 0.4) is 0 Å². The molecule has 6 atom stereocenters. The third kappa shape index (κ3) is 1.32. The van der Waals surface area contributed by atoms with Crippen LogP contribution in [-0.4, -0.2) is 42.2 Å². The number of nitrogens with zero attached hydrogens (tertiary/aromatic N) is 1. The Morgan fingerprint density at radius 1 is 1.20 bits per heavy atom. The molecule has 0 radical (unpaired) electrons. The van der Waals surface area contributed by atoms with Crippen LogP contribution < -0.4 is 10.4 Å². The van der Waals surface area contributed by atoms with E-state index in [1.165, 1.54) is 43.6 Å². The molecule has 2 bridgehead atoms. The number of carboxylic acid groups (broad SMARTS) is 1. The Hall–Kier alpha value is -1.55. The van der Waals surface area contributed by atoms with Gasteiger partial charge in [-0.25, -0.2) is 0 Å². The second kappa shape index (κ2) is 4.06. The summed E-state index contributed by atoms with van der Waals surface area (Å²) in [5, 5.41) is 16.1. The average Bonchev–Trinajstić information content (AvgIpc) is 3.09. The van der Waals surface area contributed by atoms with Crippen LogP contribution in [0.4, 0.5) is 5.69 Å². The largest absolute Gasteiger partial charge is 0.550 e. The minimum absolute atomic E-state index is 0.0278. The molecule has 132 valence electrons. The first kappa shape index (κ1) is 14.6. The van der Waals surface area contributed by atoms with Crippen LogP contribution in [0.15, 0.2) is 24.3 Å². The molecule has 3 saturated carbocycles. The van der Waals surface area contributed by atoms with E-state index in [-0.39, 0.29) is 22.3 Å². The number of carbonyl (C=O) groups is 1. The van der Waals surface area contributed by atoms with Crippen LogP contribution in [0.5, 0.6) is 0 Å². The van der Waals surface area contributed by atoms with Crippen LogP contribution in [0.1, 0.15) is 44.1 Å². The summed E-state index contributed by atoms with van der Waals surface area (Å²) in [6.45, 7) is 2.44. The highest BCUT2D eigenvalue weighted by atomic mass is 16.4. The number of carbonyl (C=O) groups excluding carboxylic acids is 1. The molecule has 0 amide bonds. The minimum atomic E-state index is -0.830. The SMILES string of the molecule is C[N+]12CCC[C@]34CC[C@@]5(Nc6ccccc6[C@]5(CC1)[C@H]32)[C@H](C(=O)[O-])C4. The Kier molecular flexibility index (Phi) is 2.37. The minimum Gasteiger partial charge on any atom is -0.550 e. The molecule has 7 rings (SSSR count). The van der Waals surface area contributed by atoms with E-state index in [1.54, 1.807) is 0 Å². The molecule has 3 spiro atoms. The first-order valence-corrected chi connectivity index (χ1v) is 9.90. The van der Waals surface area contributed by atoms with E-state index < -0.39 is 5.97 Å². The lowest BCUT2D eigenvalue weighted by atomic mass is 9.38. The van der Waals surface area contributed by atoms with Crippen molar-refractivity contribution in [1.82, 2.24) is 0 Å². The maximum atomic E-state index is 12.3. The van der Waals surface area contributed by atoms with Gasteiger partial charge in [-0.1, -0.05) is 18.2 Å². The lowest BCUT2D eigenvalue weighted by Gasteiger charge is -2.69. The van der Waals surface area contributed by atoms with E-state index in [0.29, 0.717) is 6.04 Å². The third-order valence-corrected chi connectivity index (χ3v) is 9.10. The molecule has 0 aromatic heterocycles. The zero-order valence-corrected chi connectivity index (χ0v) is 14.9. The lowest BCUT2D eigenvalue weighted by Crippen LogP contribution is -2.80. The van der Waals surface area contributed by atoms with Crippen LogP contribution in [0.25, 0.3) is 0 Å². The number of aliphatic carboxylic acids is 1. The van der Waals surface area contributed by atoms with Crippen molar-refractivity contribution in [2.24, 2.45) is 11.3 Å². The number of anilines is 1. The van der Waals surface area contributed by atoms with Crippen molar-refractivity contribution in [3.63, 3.8) is 0 Å². The molecule has 2 saturated heterocycles. The molecular weight excluding hydrogens is 312 g/mol. The summed E-state index contributed by atoms with van der Waals surface area (Å²) in [4.78, 5) is 12.3. The van der Waals surface area contributed by atoms with E-state index in [1.807, 2.05) is 0 Å². The van der Waals surface area contributed by atoms with Gasteiger partial charge in [0.2, 0.25) is 0 Å². The topological polar surface area (TPSA) is 52.2 Å². The summed E-state index contributed by atoms with van der Waals surface area (Å²) >= 11 is 0. The summed E-state index contributed by atoms with van der Waals surface area (Å²) in [7, 11) is 2.45. The van der Waals surface area contributed by atoms with E-state index in [9.17, 15) is 9.90 Å². The quantitative estimate of drug-likeness (QED) is 0.792. The maximum absolute atomic E-state index is 12.3. The monoisotopic (exact) mass is 338 g/mol. The number of para-hydroxylation sites is 1. The van der Waals surface area contributed by atoms with Gasteiger partial charge < -0.3 is 19.7 Å². The van der Waals surface area contributed by atoms with Gasteiger partial charge >= 0.3 is 0 Å². The normalized spacial score (nSPS) is 51.4. The number of rotatable bonds is 1. The maximum Gasteiger partial charge on any atom is 0.107 e. The molecule has 4 nitrogen and oxygen atoms in total. The fraction of sp³-hybridized carbons (Fsp3) is 0.667. The van der Waals surface area contributed by atoms with Crippen molar-refractivity contribution < 1.29 is 14.4 Å². The summed E-state index contributed by atoms with van der Waals surface area (Å²) in [5.74, 6) is -1.20. The molecule has 1 aromatic rings. The van der Waals surface area contributed by atoms with Crippen LogP contribution >= 0.6 is 0 Å². The highest BCUT2D eigenvalue weighted by molar-refractivity contribution is 5.78. The summed E-state index contributed by atoms with van der Waals surface area (Å²) in [6, 6.07) is 9.23. The number of piperidine rings is 1. The van der Waals surface area contributed by atoms with Gasteiger partial charge in [-0.15, -0.1) is 0 Å². The van der Waals surface area contributed by atoms with E-state index in [2.05, 4.69) is 36.6 Å². The zero-order chi connectivity index (χ0) is 17.1. The fourth-order valence-electron chi connectivity index (χ4n) is 8.65. The van der Waals surface area contributed by atoms with Gasteiger partial charge in [0.25, 0.3) is 0 Å². The van der Waals surface area contributed by atoms with Gasteiger partial charge in [-0.2, -0.15) is 0 Å². The standard InChI is InChI=1S/C21H26N2O2/c1-23-11-4-7-19-8-9-21(15(13-19)17(24)25)20(10-12-23,18(19)23)14-5-2-3-6-16(14)22-21/h2-3,5-6,15,18,22H,4,7-13H2,1H3/t15-,18-,19+,20+,21+,23?/m0/s1. The van der Waals surface area contributed by atoms with E-state index >= 15 is 0 Å². The molecule has 3 heterocycles. The number of quaternary nitrogens is 1. The summed E-state index contributed by atoms with van der Waals surface area (Å²) < 4.78 is 1.15. The highest BCUT2D eigenvalue weighted by Gasteiger charge is 2.82. The Balaban J connectivity index is 1.69. The molecule has 1 unspecified atom stereocenters. The van der Waals surface area contributed by atoms with Gasteiger partial charge in [-0.3, -0.25) is 0 Å². The Morgan fingerprint density at radius 3 is 2.88 bits per heavy atom. The van der Waals surface area contributed by atoms with Crippen molar-refractivity contribution in [2.75, 3.05) is 25.5 Å². The Morgan fingerprint density at radius 2 is 2.04 bits per heavy atom. The number of likely N-dealkylation sites (N-methyl/N-ethyl adjacent to an activating group) is 1. The number of benzene rings is 1. The van der Waals surface area contributed by atoms with Gasteiger partial charge in [-0.05, 0) is 43.7 Å². The fourth-order valence-corrected chi connectivity index (χ4v) is 8.65. The molecule has 3 aliphatic heterocycles. The molecular formula is C21H26N2O2. The van der Waals surface area contributed by atoms with Crippen LogP contribution in [-0.2, 0) is 10.2 Å². The van der Waals surface area contributed by atoms with Crippen molar-refractivity contribution >= 4 is 11.7 Å². The van der Waals surface area contributed by atoms with Gasteiger partial charge in [0, 0.05) is 29.4 Å². The molecule has 25 heavy (non-hydrogen) atoms. The lowest BCUT2D eigenvalue weighted by molar-refractivity contribution is -0.939. The van der Waals surface area contributed by atoms with Gasteiger partial charge in [0.1, 0.15) is 6.04 Å². The summed E-state index contributed by atoms with van der Waals surface area (Å²) in [6.07, 6.45) is 6.54. The molecule has 5 fully saturated rings. The number of hydrogen-bond donors (Lipinski definition) is 1. The summed E-state index contributed by atoms with van der Waals surface area (Å²) in [5.41, 5.74) is 2.41. The first-order valence-electron chi connectivity index (χ1n) is 9.90. The predicted octanol–water partition coefficient (Wildman–Crippen LogP) is 1.65. The first-order chi connectivity index (χ1) is 12.0. The zero-order valence-electron chi connectivity index (χ0n) is 14.9. The number of fused-ring (bicyclic) bond motifs is 3. The Labute approximate surface area is 148 Å². The molecule has 6 aliphatic rings. The number of carboxylic acids is 1. The number of hydrogen-bond acceptors (Lipinski definition) is 3. The van der Waals surface area contributed by atoms with Gasteiger partial charge in [0.15, 0.2) is 0 Å². The highest BCUT2D eigenvalue weighted by Crippen LogP contribution is 2.75. The van der Waals surface area contributed by atoms with E-state index in [0.717, 1.165) is 23.7 Å². The molecule has 4 heteroatoms.